The normalized spacial score (nSPS) is 53.4. The van der Waals surface area contributed by atoms with Crippen molar-refractivity contribution in [3.8, 4) is 0 Å². The van der Waals surface area contributed by atoms with Gasteiger partial charge in [0.15, 0.2) is 56.6 Å². The Morgan fingerprint density at radius 3 is 0.823 bits per heavy atom. The van der Waals surface area contributed by atoms with Crippen molar-refractivity contribution in [2.24, 2.45) is 4.99 Å². The molecule has 2 unspecified atom stereocenters. The molecule has 51 heteroatoms. The van der Waals surface area contributed by atoms with Gasteiger partial charge in [0, 0.05) is 0 Å². The fourth-order valence-corrected chi connectivity index (χ4v) is 15.9. The summed E-state index contributed by atoms with van der Waals surface area (Å²) < 4.78 is 112. The molecule has 0 saturated carbocycles. The number of rotatable bonds is 28. The summed E-state index contributed by atoms with van der Waals surface area (Å²) in [6, 6.07) is -1.12. The Morgan fingerprint density at radius 1 is 0.230 bits per heavy atom. The van der Waals surface area contributed by atoms with Crippen molar-refractivity contribution in [3.63, 3.8) is 0 Å². The summed E-state index contributed by atoms with van der Waals surface area (Å²) in [4.78, 5) is 4.40. The lowest BCUT2D eigenvalue weighted by Crippen LogP contribution is -2.68. The van der Waals surface area contributed by atoms with Gasteiger partial charge in [0.25, 0.3) is 0 Å². The molecule has 11 rings (SSSR count). The van der Waals surface area contributed by atoms with E-state index in [9.17, 15) is 153 Å². The van der Waals surface area contributed by atoms with Crippen LogP contribution in [0.25, 0.3) is 0 Å². The van der Waals surface area contributed by atoms with Crippen LogP contribution >= 0.6 is 11.8 Å². The van der Waals surface area contributed by atoms with Crippen LogP contribution < -0.4 is 0 Å². The quantitative estimate of drug-likeness (QED) is 0.0346. The molecule has 50 nitrogen and oxygen atoms in total. The summed E-state index contributed by atoms with van der Waals surface area (Å²) in [6.07, 6.45) is -102. The molecule has 10 saturated heterocycles. The Hall–Kier alpha value is -1.94. The predicted octanol–water partition coefficient (Wildman–Crippen LogP) is -20.6. The van der Waals surface area contributed by atoms with Crippen molar-refractivity contribution >= 4 is 16.8 Å². The molecule has 656 valence electrons. The summed E-state index contributed by atoms with van der Waals surface area (Å²) in [5.74, 6) is 0. The molecule has 0 aromatic heterocycles. The van der Waals surface area contributed by atoms with E-state index in [1.807, 2.05) is 0 Å². The minimum atomic E-state index is -2.51. The molecule has 0 amide bonds. The summed E-state index contributed by atoms with van der Waals surface area (Å²) >= 11 is 1.07. The molecule has 11 aliphatic rings. The lowest BCUT2D eigenvalue weighted by Gasteiger charge is -2.50. The molecule has 0 radical (unpaired) electrons. The van der Waals surface area contributed by atoms with Crippen molar-refractivity contribution in [2.75, 3.05) is 66.1 Å². The van der Waals surface area contributed by atoms with E-state index in [1.54, 1.807) is 6.92 Å². The number of hydrogen-bond donors (Lipinski definition) is 30. The van der Waals surface area contributed by atoms with E-state index >= 15 is 0 Å². The number of aliphatic hydroxyl groups is 30. The predicted molar refractivity (Wildman–Crippen MR) is 346 cm³/mol. The molecule has 0 spiro atoms. The zero-order valence-corrected chi connectivity index (χ0v) is 60.3. The van der Waals surface area contributed by atoms with Crippen molar-refractivity contribution in [2.45, 2.75) is 313 Å². The Morgan fingerprint density at radius 2 is 0.478 bits per heavy atom. The third-order valence-corrected chi connectivity index (χ3v) is 22.5. The average Bonchev–Trinajstić information content (AvgIpc) is 1.51. The van der Waals surface area contributed by atoms with Crippen LogP contribution in [0.1, 0.15) is 6.92 Å². The first-order chi connectivity index (χ1) is 53.7. The second-order valence-corrected chi connectivity index (χ2v) is 30.1. The van der Waals surface area contributed by atoms with Gasteiger partial charge in [-0.05, 0) is 6.92 Å². The van der Waals surface area contributed by atoms with Crippen LogP contribution in [0.15, 0.2) is 4.99 Å². The second kappa shape index (κ2) is 39.5. The van der Waals surface area contributed by atoms with E-state index in [4.69, 9.17) is 90.0 Å². The van der Waals surface area contributed by atoms with Crippen LogP contribution in [0.2, 0.25) is 0 Å². The van der Waals surface area contributed by atoms with E-state index in [-0.39, 0.29) is 0 Å². The highest BCUT2D eigenvalue weighted by molar-refractivity contribution is 8.14. The highest BCUT2D eigenvalue weighted by atomic mass is 32.2. The molecule has 11 heterocycles. The number of hydrogen-bond acceptors (Lipinski definition) is 51. The highest BCUT2D eigenvalue weighted by Crippen LogP contribution is 2.43. The topological polar surface area (TPSA) is 795 Å². The van der Waals surface area contributed by atoms with Gasteiger partial charge in [-0.15, -0.1) is 0 Å². The average molecular weight is 1680 g/mol. The lowest BCUT2D eigenvalue weighted by atomic mass is 9.95. The van der Waals surface area contributed by atoms with Crippen molar-refractivity contribution < 1.29 is 243 Å². The minimum Gasteiger partial charge on any atom is -0.394 e. The SMILES string of the molecule is CC1=NC2C(O[C@H](CO)[C@@H](O[C@@H]3O[C@H](CO[C@H]4O[C@H](CO[C@@H]5O[C@@H](CO)[C@H](O)[C@@H](O)[C@H]5O[C@H]5O[C@H](CO)[C@@H](O)[C@H](O)[C@@H]5O)[C@@H](O)[C@H](O[C@H]5O[C@H](CO)[C@@H](O)[C@H](O)[C@@H]5O[C@H]5O[C@H](CO)[C@@H](O)[C@H](O)[C@@H]5O)[C@@H]4O)[C@@H](O)[C@H](O[C@H]4O[C@H](CO)[C@@H](O)[C@H](O)[C@@H]4O[C@H]4O[C@H](CO)[C@@H](O)[C@H](O)[C@@H]4O[C@H]4O[C@H](CO)[C@@H](O)[C@H](O)[C@@H]4O)[C@@H]3O)[C@@H]2O)S1. The molecule has 50 atom stereocenters. The van der Waals surface area contributed by atoms with Gasteiger partial charge in [-0.25, -0.2) is 0 Å². The van der Waals surface area contributed by atoms with E-state index in [0.29, 0.717) is 5.04 Å². The molecule has 0 aromatic carbocycles. The monoisotopic (exact) mass is 1680 g/mol. The first-order valence-corrected chi connectivity index (χ1v) is 37.0. The van der Waals surface area contributed by atoms with Crippen molar-refractivity contribution in [3.05, 3.63) is 0 Å². The third-order valence-electron chi connectivity index (χ3n) is 21.5. The van der Waals surface area contributed by atoms with Gasteiger partial charge in [0.1, 0.15) is 250 Å². The van der Waals surface area contributed by atoms with Gasteiger partial charge in [-0.2, -0.15) is 0 Å². The largest absolute Gasteiger partial charge is 0.394 e. The molecule has 10 fully saturated rings. The first kappa shape index (κ1) is 91.8. The van der Waals surface area contributed by atoms with Crippen LogP contribution in [-0.2, 0) is 90.0 Å². The van der Waals surface area contributed by atoms with Crippen LogP contribution in [-0.4, -0.2) is 530 Å². The van der Waals surface area contributed by atoms with Gasteiger partial charge < -0.3 is 243 Å². The number of aliphatic imine (C=N–C) groups is 1. The fraction of sp³-hybridized carbons (Fsp3) is 0.984. The first-order valence-electron chi connectivity index (χ1n) is 36.1. The molecule has 113 heavy (non-hydrogen) atoms. The van der Waals surface area contributed by atoms with E-state index in [0.717, 1.165) is 11.8 Å². The van der Waals surface area contributed by atoms with Gasteiger partial charge in [0.2, 0.25) is 0 Å². The Kier molecular flexibility index (Phi) is 32.1. The number of ether oxygens (including phenoxy) is 19. The molecule has 30 N–H and O–H groups in total. The zero-order valence-electron chi connectivity index (χ0n) is 59.5. The minimum absolute atomic E-state index is 0.417. The number of thioether (sulfide) groups is 1. The number of fused-ring (bicyclic) bond motifs is 1. The van der Waals surface area contributed by atoms with E-state index < -0.39 is 372 Å². The van der Waals surface area contributed by atoms with Gasteiger partial charge in [0.05, 0.1) is 71.1 Å². The van der Waals surface area contributed by atoms with E-state index in [1.165, 1.54) is 0 Å². The third kappa shape index (κ3) is 19.0. The molecule has 0 aromatic rings. The molecule has 0 bridgehead atoms. The van der Waals surface area contributed by atoms with Crippen LogP contribution in [0.3, 0.4) is 0 Å². The summed E-state index contributed by atoms with van der Waals surface area (Å²) in [7, 11) is 0. The Labute approximate surface area is 642 Å². The molecular formula is C62H103NO49S. The van der Waals surface area contributed by atoms with E-state index in [2.05, 4.69) is 4.99 Å². The Bertz CT molecular complexity index is 2950. The van der Waals surface area contributed by atoms with Crippen LogP contribution in [0, 0.1) is 0 Å². The maximum absolute atomic E-state index is 12.6. The number of aliphatic hydroxyl groups excluding tert-OH is 30. The molecular weight excluding hydrogens is 1570 g/mol. The summed E-state index contributed by atoms with van der Waals surface area (Å²) in [5, 5.41) is 332. The van der Waals surface area contributed by atoms with Crippen LogP contribution in [0.4, 0.5) is 0 Å². The van der Waals surface area contributed by atoms with Gasteiger partial charge in [-0.3, -0.25) is 4.99 Å². The van der Waals surface area contributed by atoms with Gasteiger partial charge in [-0.1, -0.05) is 11.8 Å². The lowest BCUT2D eigenvalue weighted by molar-refractivity contribution is -0.407. The van der Waals surface area contributed by atoms with Crippen LogP contribution in [0.5, 0.6) is 0 Å². The maximum atomic E-state index is 12.6. The summed E-state index contributed by atoms with van der Waals surface area (Å²) in [6.45, 7) is -9.16. The van der Waals surface area contributed by atoms with Gasteiger partial charge >= 0.3 is 0 Å². The fourth-order valence-electron chi connectivity index (χ4n) is 14.8. The van der Waals surface area contributed by atoms with Crippen molar-refractivity contribution in [1.82, 2.24) is 0 Å². The zero-order chi connectivity index (χ0) is 82.4. The number of nitrogens with zero attached hydrogens (tertiary/aromatic N) is 1. The second-order valence-electron chi connectivity index (χ2n) is 28.8. The molecule has 0 aliphatic carbocycles. The highest BCUT2D eigenvalue weighted by Gasteiger charge is 2.61. The standard InChI is InChI=1S/C62H103NO49S/c1-12-63-23-33(81)46(20(9-71)105-62(23)113-12)106-57-45(93)48(108-60-52(40(88)30(78)18(7-69)101-60)112-61-51(39(87)29(77)19(8-70)102-61)111-56-43(91)36(84)26(74)15(4-66)98-56)32(80)22(104-57)10-94-53-44(92)47(107-59-50(38(86)28(76)17(6-68)100-59)110-55-42(90)35(83)25(73)14(3-65)97-55)31(79)21(103-53)11-95-58-49(37(85)27(75)16(5-67)99-58)109-54-41(89)34(82)24(72)13(2-64)96-54/h13-62,64-93H,2-11H2,1H3/t13-,14-,15-,16+,17-,18-,19-,20-,21-,22-,23?,24-,25-,26-,27+,28-,29-,30-,31-,32-,33-,34+,35+,36+,37-,38+,39+,40+,41+,42+,43+,44+,45+,46-,47+,48+,49-,50+,51+,52+,53+,54-,55-,56-,57+,58-,59-,60-,61-,62?/m1/s1. The Balaban J connectivity index is 0.926. The maximum Gasteiger partial charge on any atom is 0.187 e. The smallest absolute Gasteiger partial charge is 0.187 e. The van der Waals surface area contributed by atoms with Crippen molar-refractivity contribution in [1.29, 1.82) is 0 Å². The molecule has 11 aliphatic heterocycles. The summed E-state index contributed by atoms with van der Waals surface area (Å²) in [5.41, 5.74) is -0.911.